The molecule has 1 nitrogen and oxygen atoms in total. The minimum Gasteiger partial charge on any atom is -0.381 e. The predicted molar refractivity (Wildman–Crippen MR) is 91.1 cm³/mol. The van der Waals surface area contributed by atoms with E-state index >= 15 is 0 Å². The standard InChI is InChI=1S/C19H39O/c1-3-5-7-8-9-10-11-12-13-14-15-16-17-19-20-18-6-4-2/h2-19H2,1H3. The molecular weight excluding hydrogens is 244 g/mol. The van der Waals surface area contributed by atoms with Crippen LogP contribution in [0.5, 0.6) is 0 Å². The number of unbranched alkanes of at least 4 members (excludes halogenated alkanes) is 13. The highest BCUT2D eigenvalue weighted by Crippen LogP contribution is 2.12. The van der Waals surface area contributed by atoms with Crippen LogP contribution in [0.4, 0.5) is 0 Å². The molecule has 0 unspecified atom stereocenters. The second-order valence-corrected chi connectivity index (χ2v) is 6.06. The summed E-state index contributed by atoms with van der Waals surface area (Å²) in [5, 5.41) is 0. The first-order chi connectivity index (χ1) is 9.91. The van der Waals surface area contributed by atoms with Gasteiger partial charge in [-0.15, -0.1) is 0 Å². The Morgan fingerprint density at radius 2 is 0.950 bits per heavy atom. The predicted octanol–water partition coefficient (Wildman–Crippen LogP) is 6.71. The molecule has 0 aromatic rings. The van der Waals surface area contributed by atoms with Crippen LogP contribution >= 0.6 is 0 Å². The Balaban J connectivity index is 2.89. The van der Waals surface area contributed by atoms with E-state index in [2.05, 4.69) is 13.8 Å². The zero-order valence-corrected chi connectivity index (χ0v) is 14.1. The van der Waals surface area contributed by atoms with Crippen molar-refractivity contribution in [3.05, 3.63) is 6.92 Å². The summed E-state index contributed by atoms with van der Waals surface area (Å²) in [6, 6.07) is 0. The van der Waals surface area contributed by atoms with E-state index < -0.39 is 0 Å². The van der Waals surface area contributed by atoms with Crippen molar-refractivity contribution in [2.75, 3.05) is 13.2 Å². The molecule has 0 heterocycles. The van der Waals surface area contributed by atoms with Crippen molar-refractivity contribution >= 4 is 0 Å². The maximum Gasteiger partial charge on any atom is 0.0466 e. The van der Waals surface area contributed by atoms with Gasteiger partial charge in [-0.1, -0.05) is 97.3 Å². The SMILES string of the molecule is [CH2]CCCOCCCCCCCCCCCCCCC. The number of hydrogen-bond acceptors (Lipinski definition) is 1. The molecule has 0 aromatic carbocycles. The lowest BCUT2D eigenvalue weighted by Crippen LogP contribution is -1.96. The molecule has 0 saturated carbocycles. The fraction of sp³-hybridized carbons (Fsp3) is 0.947. The Labute approximate surface area is 128 Å². The minimum absolute atomic E-state index is 0.905. The van der Waals surface area contributed by atoms with Crippen molar-refractivity contribution in [3.63, 3.8) is 0 Å². The van der Waals surface area contributed by atoms with Gasteiger partial charge in [0.2, 0.25) is 0 Å². The van der Waals surface area contributed by atoms with Gasteiger partial charge in [0.1, 0.15) is 0 Å². The molecule has 0 rings (SSSR count). The van der Waals surface area contributed by atoms with E-state index in [9.17, 15) is 0 Å². The average molecular weight is 284 g/mol. The first-order valence-corrected chi connectivity index (χ1v) is 9.28. The summed E-state index contributed by atoms with van der Waals surface area (Å²) in [4.78, 5) is 0. The Kier molecular flexibility index (Phi) is 18.9. The largest absolute Gasteiger partial charge is 0.381 e. The average Bonchev–Trinajstić information content (AvgIpc) is 2.47. The van der Waals surface area contributed by atoms with Gasteiger partial charge in [0.15, 0.2) is 0 Å². The minimum atomic E-state index is 0.905. The third-order valence-electron chi connectivity index (χ3n) is 3.93. The number of hydrogen-bond donors (Lipinski definition) is 0. The molecule has 0 amide bonds. The summed E-state index contributed by atoms with van der Waals surface area (Å²) in [6.07, 6.45) is 20.5. The smallest absolute Gasteiger partial charge is 0.0466 e. The van der Waals surface area contributed by atoms with Crippen LogP contribution in [0.2, 0.25) is 0 Å². The fourth-order valence-electron chi connectivity index (χ4n) is 2.53. The summed E-state index contributed by atoms with van der Waals surface area (Å²) in [5.74, 6) is 0. The van der Waals surface area contributed by atoms with Crippen LogP contribution in [0, 0.1) is 6.92 Å². The van der Waals surface area contributed by atoms with Gasteiger partial charge in [-0.2, -0.15) is 0 Å². The van der Waals surface area contributed by atoms with Gasteiger partial charge in [0, 0.05) is 13.2 Å². The lowest BCUT2D eigenvalue weighted by atomic mass is 10.0. The zero-order chi connectivity index (χ0) is 14.7. The van der Waals surface area contributed by atoms with Crippen molar-refractivity contribution in [1.82, 2.24) is 0 Å². The lowest BCUT2D eigenvalue weighted by Gasteiger charge is -2.04. The second-order valence-electron chi connectivity index (χ2n) is 6.06. The van der Waals surface area contributed by atoms with Gasteiger partial charge in [-0.05, 0) is 12.8 Å². The van der Waals surface area contributed by atoms with Crippen LogP contribution in [-0.4, -0.2) is 13.2 Å². The quantitative estimate of drug-likeness (QED) is 0.270. The Morgan fingerprint density at radius 3 is 1.40 bits per heavy atom. The summed E-state index contributed by atoms with van der Waals surface area (Å²) in [5.41, 5.74) is 0. The van der Waals surface area contributed by atoms with Crippen LogP contribution in [0.15, 0.2) is 0 Å². The van der Waals surface area contributed by atoms with Crippen molar-refractivity contribution in [1.29, 1.82) is 0 Å². The molecule has 0 aliphatic rings. The third-order valence-corrected chi connectivity index (χ3v) is 3.93. The topological polar surface area (TPSA) is 9.23 Å². The normalized spacial score (nSPS) is 11.1. The van der Waals surface area contributed by atoms with E-state index in [0.29, 0.717) is 0 Å². The van der Waals surface area contributed by atoms with Crippen molar-refractivity contribution in [2.24, 2.45) is 0 Å². The summed E-state index contributed by atoms with van der Waals surface area (Å²) in [6.45, 7) is 7.96. The summed E-state index contributed by atoms with van der Waals surface area (Å²) < 4.78 is 5.53. The monoisotopic (exact) mass is 283 g/mol. The molecule has 1 heteroatoms. The maximum atomic E-state index is 5.53. The number of rotatable bonds is 17. The molecule has 0 fully saturated rings. The molecule has 0 N–H and O–H groups in total. The zero-order valence-electron chi connectivity index (χ0n) is 14.1. The van der Waals surface area contributed by atoms with Crippen molar-refractivity contribution in [3.8, 4) is 0 Å². The Hall–Kier alpha value is -0.0400. The first kappa shape index (κ1) is 20.0. The van der Waals surface area contributed by atoms with Crippen LogP contribution in [-0.2, 0) is 4.74 Å². The molecule has 0 spiro atoms. The molecule has 121 valence electrons. The molecule has 0 bridgehead atoms. The van der Waals surface area contributed by atoms with Gasteiger partial charge in [-0.3, -0.25) is 0 Å². The second kappa shape index (κ2) is 19.0. The summed E-state index contributed by atoms with van der Waals surface area (Å²) in [7, 11) is 0. The molecule has 0 saturated heterocycles. The van der Waals surface area contributed by atoms with Gasteiger partial charge in [0.05, 0.1) is 0 Å². The molecule has 0 aliphatic heterocycles. The van der Waals surface area contributed by atoms with Gasteiger partial charge in [-0.25, -0.2) is 0 Å². The van der Waals surface area contributed by atoms with Crippen molar-refractivity contribution < 1.29 is 4.74 Å². The van der Waals surface area contributed by atoms with Crippen LogP contribution in [0.3, 0.4) is 0 Å². The van der Waals surface area contributed by atoms with E-state index in [-0.39, 0.29) is 0 Å². The lowest BCUT2D eigenvalue weighted by molar-refractivity contribution is 0.128. The molecule has 0 aromatic heterocycles. The molecule has 20 heavy (non-hydrogen) atoms. The highest BCUT2D eigenvalue weighted by Gasteiger charge is 1.94. The molecule has 0 aliphatic carbocycles. The van der Waals surface area contributed by atoms with Gasteiger partial charge < -0.3 is 4.74 Å². The first-order valence-electron chi connectivity index (χ1n) is 9.28. The molecular formula is C19H39O. The van der Waals surface area contributed by atoms with Gasteiger partial charge in [0.25, 0.3) is 0 Å². The van der Waals surface area contributed by atoms with Crippen LogP contribution in [0.25, 0.3) is 0 Å². The maximum absolute atomic E-state index is 5.53. The molecule has 1 radical (unpaired) electrons. The van der Waals surface area contributed by atoms with E-state index in [1.54, 1.807) is 0 Å². The highest BCUT2D eigenvalue weighted by atomic mass is 16.5. The number of ether oxygens (including phenoxy) is 1. The van der Waals surface area contributed by atoms with E-state index in [1.165, 1.54) is 83.5 Å². The van der Waals surface area contributed by atoms with E-state index in [1.807, 2.05) is 0 Å². The summed E-state index contributed by atoms with van der Waals surface area (Å²) >= 11 is 0. The highest BCUT2D eigenvalue weighted by molar-refractivity contribution is 4.49. The third kappa shape index (κ3) is 18.0. The van der Waals surface area contributed by atoms with E-state index in [0.717, 1.165) is 26.1 Å². The Bertz CT molecular complexity index is 138. The van der Waals surface area contributed by atoms with Crippen LogP contribution in [0.1, 0.15) is 103 Å². The van der Waals surface area contributed by atoms with Gasteiger partial charge >= 0.3 is 0 Å². The van der Waals surface area contributed by atoms with Crippen molar-refractivity contribution in [2.45, 2.75) is 103 Å². The van der Waals surface area contributed by atoms with Crippen LogP contribution < -0.4 is 0 Å². The van der Waals surface area contributed by atoms with E-state index in [4.69, 9.17) is 4.74 Å². The Morgan fingerprint density at radius 1 is 0.550 bits per heavy atom. The molecule has 0 atom stereocenters. The fourth-order valence-corrected chi connectivity index (χ4v) is 2.53.